The van der Waals surface area contributed by atoms with E-state index in [1.807, 2.05) is 30.3 Å². The SMILES string of the molecule is Clc1cc(Cl)c2c(c1)-c1n[nH]nc1C(c1ccccc1)O2. The van der Waals surface area contributed by atoms with E-state index in [4.69, 9.17) is 27.9 Å². The molecule has 21 heavy (non-hydrogen) atoms. The van der Waals surface area contributed by atoms with E-state index in [-0.39, 0.29) is 6.10 Å². The zero-order chi connectivity index (χ0) is 14.4. The first-order chi connectivity index (χ1) is 10.2. The van der Waals surface area contributed by atoms with E-state index in [0.29, 0.717) is 15.8 Å². The molecule has 0 aliphatic carbocycles. The van der Waals surface area contributed by atoms with Gasteiger partial charge in [-0.3, -0.25) is 0 Å². The maximum absolute atomic E-state index is 6.27. The van der Waals surface area contributed by atoms with Crippen molar-refractivity contribution in [2.75, 3.05) is 0 Å². The average molecular weight is 318 g/mol. The molecule has 1 atom stereocenters. The van der Waals surface area contributed by atoms with Crippen LogP contribution in [0, 0.1) is 0 Å². The molecule has 2 heterocycles. The van der Waals surface area contributed by atoms with Gasteiger partial charge in [-0.25, -0.2) is 0 Å². The van der Waals surface area contributed by atoms with E-state index >= 15 is 0 Å². The van der Waals surface area contributed by atoms with E-state index in [9.17, 15) is 0 Å². The van der Waals surface area contributed by atoms with Crippen molar-refractivity contribution >= 4 is 23.2 Å². The average Bonchev–Trinajstić information content (AvgIpc) is 2.97. The molecule has 1 N–H and O–H groups in total. The largest absolute Gasteiger partial charge is 0.477 e. The van der Waals surface area contributed by atoms with Crippen molar-refractivity contribution < 1.29 is 4.74 Å². The van der Waals surface area contributed by atoms with Crippen LogP contribution in [-0.4, -0.2) is 15.4 Å². The monoisotopic (exact) mass is 317 g/mol. The van der Waals surface area contributed by atoms with E-state index < -0.39 is 0 Å². The molecule has 1 aliphatic heterocycles. The lowest BCUT2D eigenvalue weighted by Gasteiger charge is -2.25. The summed E-state index contributed by atoms with van der Waals surface area (Å²) in [6, 6.07) is 13.3. The summed E-state index contributed by atoms with van der Waals surface area (Å²) in [5.74, 6) is 0.580. The van der Waals surface area contributed by atoms with Gasteiger partial charge in [-0.15, -0.1) is 0 Å². The Morgan fingerprint density at radius 2 is 1.86 bits per heavy atom. The molecule has 2 aromatic carbocycles. The van der Waals surface area contributed by atoms with Crippen molar-refractivity contribution in [1.29, 1.82) is 0 Å². The van der Waals surface area contributed by atoms with Crippen LogP contribution in [0.4, 0.5) is 0 Å². The molecule has 0 spiro atoms. The minimum Gasteiger partial charge on any atom is -0.477 e. The third-order valence-electron chi connectivity index (χ3n) is 3.42. The van der Waals surface area contributed by atoms with Gasteiger partial charge in [0.2, 0.25) is 0 Å². The third kappa shape index (κ3) is 1.99. The Bertz CT molecular complexity index is 817. The van der Waals surface area contributed by atoms with E-state index in [0.717, 1.165) is 22.5 Å². The Morgan fingerprint density at radius 1 is 1.05 bits per heavy atom. The lowest BCUT2D eigenvalue weighted by atomic mass is 9.98. The molecule has 0 amide bonds. The molecule has 1 aliphatic rings. The maximum atomic E-state index is 6.27. The number of fused-ring (bicyclic) bond motifs is 3. The number of H-pyrrole nitrogens is 1. The number of rotatable bonds is 1. The van der Waals surface area contributed by atoms with Gasteiger partial charge in [-0.2, -0.15) is 15.4 Å². The van der Waals surface area contributed by atoms with Gasteiger partial charge < -0.3 is 4.74 Å². The first-order valence-electron chi connectivity index (χ1n) is 6.35. The lowest BCUT2D eigenvalue weighted by Crippen LogP contribution is -2.15. The molecule has 4 rings (SSSR count). The van der Waals surface area contributed by atoms with Gasteiger partial charge in [0.15, 0.2) is 6.10 Å². The topological polar surface area (TPSA) is 50.8 Å². The Balaban J connectivity index is 1.93. The third-order valence-corrected chi connectivity index (χ3v) is 3.92. The van der Waals surface area contributed by atoms with E-state index in [1.54, 1.807) is 12.1 Å². The second kappa shape index (κ2) is 4.76. The van der Waals surface area contributed by atoms with Crippen LogP contribution in [0.1, 0.15) is 17.4 Å². The molecular weight excluding hydrogens is 309 g/mol. The van der Waals surface area contributed by atoms with Gasteiger partial charge in [-0.1, -0.05) is 53.5 Å². The number of benzene rings is 2. The number of halogens is 2. The van der Waals surface area contributed by atoms with E-state index in [1.165, 1.54) is 0 Å². The minimum absolute atomic E-state index is 0.342. The number of ether oxygens (including phenoxy) is 1. The Kier molecular flexibility index (Phi) is 2.87. The second-order valence-electron chi connectivity index (χ2n) is 4.73. The van der Waals surface area contributed by atoms with Crippen LogP contribution in [0.25, 0.3) is 11.3 Å². The molecule has 3 aromatic rings. The van der Waals surface area contributed by atoms with Gasteiger partial charge in [0.05, 0.1) is 5.02 Å². The summed E-state index contributed by atoms with van der Waals surface area (Å²) in [6.07, 6.45) is -0.342. The van der Waals surface area contributed by atoms with Gasteiger partial charge in [0, 0.05) is 10.6 Å². The second-order valence-corrected chi connectivity index (χ2v) is 5.57. The molecule has 6 heteroatoms. The summed E-state index contributed by atoms with van der Waals surface area (Å²) >= 11 is 12.3. The summed E-state index contributed by atoms with van der Waals surface area (Å²) in [7, 11) is 0. The normalized spacial score (nSPS) is 16.0. The molecule has 0 bridgehead atoms. The van der Waals surface area contributed by atoms with Gasteiger partial charge >= 0.3 is 0 Å². The molecule has 0 saturated carbocycles. The van der Waals surface area contributed by atoms with Crippen molar-refractivity contribution in [3.63, 3.8) is 0 Å². The first kappa shape index (κ1) is 12.7. The zero-order valence-corrected chi connectivity index (χ0v) is 12.2. The van der Waals surface area contributed by atoms with Crippen LogP contribution < -0.4 is 4.74 Å². The predicted molar refractivity (Wildman–Crippen MR) is 80.8 cm³/mol. The molecular formula is C15H9Cl2N3O. The highest BCUT2D eigenvalue weighted by atomic mass is 35.5. The van der Waals surface area contributed by atoms with Crippen LogP contribution in [0.2, 0.25) is 10.0 Å². The van der Waals surface area contributed by atoms with Crippen LogP contribution in [0.5, 0.6) is 5.75 Å². The van der Waals surface area contributed by atoms with Gasteiger partial charge in [0.1, 0.15) is 17.1 Å². The molecule has 104 valence electrons. The van der Waals surface area contributed by atoms with Crippen molar-refractivity contribution in [3.8, 4) is 17.0 Å². The van der Waals surface area contributed by atoms with Crippen molar-refractivity contribution in [3.05, 3.63) is 63.8 Å². The summed E-state index contributed by atoms with van der Waals surface area (Å²) < 4.78 is 6.08. The lowest BCUT2D eigenvalue weighted by molar-refractivity contribution is 0.238. The molecule has 1 unspecified atom stereocenters. The standard InChI is InChI=1S/C15H9Cl2N3O/c16-9-6-10-12-13(19-20-18-12)14(8-4-2-1-3-5-8)21-15(10)11(17)7-9/h1-7,14H,(H,18,19,20). The molecule has 0 fully saturated rings. The highest BCUT2D eigenvalue weighted by molar-refractivity contribution is 6.36. The van der Waals surface area contributed by atoms with E-state index in [2.05, 4.69) is 15.4 Å². The number of hydrogen-bond acceptors (Lipinski definition) is 3. The van der Waals surface area contributed by atoms with Crippen molar-refractivity contribution in [2.45, 2.75) is 6.10 Å². The minimum atomic E-state index is -0.342. The molecule has 0 radical (unpaired) electrons. The quantitative estimate of drug-likeness (QED) is 0.729. The number of aromatic nitrogens is 3. The van der Waals surface area contributed by atoms with Crippen LogP contribution >= 0.6 is 23.2 Å². The van der Waals surface area contributed by atoms with Crippen molar-refractivity contribution in [1.82, 2.24) is 15.4 Å². The van der Waals surface area contributed by atoms with Crippen molar-refractivity contribution in [2.24, 2.45) is 0 Å². The van der Waals surface area contributed by atoms with Crippen LogP contribution in [-0.2, 0) is 0 Å². The molecule has 4 nitrogen and oxygen atoms in total. The zero-order valence-electron chi connectivity index (χ0n) is 10.7. The van der Waals surface area contributed by atoms with Gasteiger partial charge in [-0.05, 0) is 17.7 Å². The number of hydrogen-bond donors (Lipinski definition) is 1. The highest BCUT2D eigenvalue weighted by Crippen LogP contribution is 2.47. The predicted octanol–water partition coefficient (Wildman–Crippen LogP) is 4.26. The number of aromatic amines is 1. The summed E-state index contributed by atoms with van der Waals surface area (Å²) in [5, 5.41) is 12.1. The smallest absolute Gasteiger partial charge is 0.170 e. The summed E-state index contributed by atoms with van der Waals surface area (Å²) in [5.41, 5.74) is 3.19. The fraction of sp³-hybridized carbons (Fsp3) is 0.0667. The Morgan fingerprint density at radius 3 is 2.67 bits per heavy atom. The fourth-order valence-electron chi connectivity index (χ4n) is 2.50. The highest BCUT2D eigenvalue weighted by Gasteiger charge is 2.32. The van der Waals surface area contributed by atoms with Crippen LogP contribution in [0.3, 0.4) is 0 Å². The number of nitrogens with zero attached hydrogens (tertiary/aromatic N) is 2. The van der Waals surface area contributed by atoms with Gasteiger partial charge in [0.25, 0.3) is 0 Å². The summed E-state index contributed by atoms with van der Waals surface area (Å²) in [4.78, 5) is 0. The molecule has 0 saturated heterocycles. The summed E-state index contributed by atoms with van der Waals surface area (Å²) in [6.45, 7) is 0. The number of nitrogens with one attached hydrogen (secondary N) is 1. The first-order valence-corrected chi connectivity index (χ1v) is 7.11. The Hall–Kier alpha value is -2.04. The molecule has 1 aromatic heterocycles. The fourth-order valence-corrected chi connectivity index (χ4v) is 3.04. The maximum Gasteiger partial charge on any atom is 0.170 e. The Labute approximate surface area is 130 Å². The van der Waals surface area contributed by atoms with Crippen LogP contribution in [0.15, 0.2) is 42.5 Å².